The van der Waals surface area contributed by atoms with Gasteiger partial charge in [0.05, 0.1) is 18.2 Å². The van der Waals surface area contributed by atoms with E-state index in [1.54, 1.807) is 30.3 Å². The van der Waals surface area contributed by atoms with Gasteiger partial charge in [-0.2, -0.15) is 0 Å². The summed E-state index contributed by atoms with van der Waals surface area (Å²) in [6, 6.07) is 18.8. The maximum Gasteiger partial charge on any atom is 0.335 e. The summed E-state index contributed by atoms with van der Waals surface area (Å²) in [6.07, 6.45) is 0.181. The largest absolute Gasteiger partial charge is 0.480 e. The summed E-state index contributed by atoms with van der Waals surface area (Å²) < 4.78 is 20.0. The van der Waals surface area contributed by atoms with E-state index in [1.165, 1.54) is 60.5 Å². The predicted molar refractivity (Wildman–Crippen MR) is 166 cm³/mol. The van der Waals surface area contributed by atoms with Crippen molar-refractivity contribution in [2.75, 3.05) is 18.7 Å². The number of amides is 1. The van der Waals surface area contributed by atoms with E-state index in [1.807, 2.05) is 20.8 Å². The summed E-state index contributed by atoms with van der Waals surface area (Å²) in [5.74, 6) is -2.51. The first kappa shape index (κ1) is 32.1. The normalized spacial score (nSPS) is 12.0. The first-order valence-corrected chi connectivity index (χ1v) is 14.0. The van der Waals surface area contributed by atoms with Gasteiger partial charge < -0.3 is 9.84 Å². The molecule has 4 aromatic rings. The second-order valence-corrected chi connectivity index (χ2v) is 11.7. The van der Waals surface area contributed by atoms with Crippen LogP contribution in [0.25, 0.3) is 11.1 Å². The number of ketones is 1. The van der Waals surface area contributed by atoms with Crippen LogP contribution in [-0.4, -0.2) is 46.3 Å². The van der Waals surface area contributed by atoms with Gasteiger partial charge in [-0.3, -0.25) is 19.3 Å². The Morgan fingerprint density at radius 3 is 2.18 bits per heavy atom. The van der Waals surface area contributed by atoms with Crippen LogP contribution in [0, 0.1) is 5.41 Å². The highest BCUT2D eigenvalue weighted by molar-refractivity contribution is 6.31. The van der Waals surface area contributed by atoms with Gasteiger partial charge in [-0.05, 0) is 72.0 Å². The summed E-state index contributed by atoms with van der Waals surface area (Å²) in [5.41, 5.74) is 0.0601. The molecule has 1 heterocycles. The zero-order chi connectivity index (χ0) is 32.2. The van der Waals surface area contributed by atoms with Crippen LogP contribution in [0.2, 0.25) is 5.02 Å². The van der Waals surface area contributed by atoms with Gasteiger partial charge in [-0.15, -0.1) is 5.10 Å². The lowest BCUT2D eigenvalue weighted by Gasteiger charge is -2.31. The number of aromatic nitrogens is 2. The number of methoxy groups -OCH3 is 1. The lowest BCUT2D eigenvalue weighted by molar-refractivity contribution is -0.122. The van der Waals surface area contributed by atoms with Crippen molar-refractivity contribution in [3.05, 3.63) is 105 Å². The highest BCUT2D eigenvalue weighted by Gasteiger charge is 2.34. The maximum absolute atomic E-state index is 14.5. The second-order valence-electron chi connectivity index (χ2n) is 11.2. The Balaban J connectivity index is 1.91. The monoisotopic (exact) mass is 619 g/mol. The number of carboxylic acids is 1. The lowest BCUT2D eigenvalue weighted by Crippen LogP contribution is -2.41. The molecule has 1 N–H and O–H groups in total. The van der Waals surface area contributed by atoms with Crippen molar-refractivity contribution in [3.8, 4) is 17.0 Å². The van der Waals surface area contributed by atoms with Gasteiger partial charge in [0.15, 0.2) is 12.5 Å². The Labute approximate surface area is 258 Å². The topological polar surface area (TPSA) is 119 Å². The minimum atomic E-state index is -1.26. The third-order valence-corrected chi connectivity index (χ3v) is 7.04. The zero-order valence-electron chi connectivity index (χ0n) is 24.6. The van der Waals surface area contributed by atoms with Crippen molar-refractivity contribution in [3.63, 3.8) is 0 Å². The van der Waals surface area contributed by atoms with Crippen LogP contribution in [0.1, 0.15) is 53.9 Å². The summed E-state index contributed by atoms with van der Waals surface area (Å²) >= 11 is 6.19. The number of carbonyl (C=O) groups excluding carboxylic acids is 2. The number of rotatable bonds is 10. The number of Topliss-reactive ketones (excluding diaryl/α,β-unsaturated/α-hetero) is 1. The summed E-state index contributed by atoms with van der Waals surface area (Å²) in [7, 11) is 1.32. The molecule has 3 aromatic carbocycles. The Hall–Kier alpha value is -4.83. The molecule has 0 aliphatic heterocycles. The first-order chi connectivity index (χ1) is 20.8. The SMILES string of the molecule is COc1nn(C(CC(C)(C)C)C(=O)N(c2ccccc2)c2ccc(C(=O)O)cc2)c(=O)cc1-c1cc(Cl)ccc1C(=O)CF. The van der Waals surface area contributed by atoms with E-state index in [0.717, 1.165) is 4.68 Å². The molecule has 228 valence electrons. The number of ether oxygens (including phenoxy) is 1. The Morgan fingerprint density at radius 2 is 1.61 bits per heavy atom. The summed E-state index contributed by atoms with van der Waals surface area (Å²) in [4.78, 5) is 53.6. The maximum atomic E-state index is 14.5. The molecule has 9 nitrogen and oxygen atoms in total. The number of halogens is 2. The van der Waals surface area contributed by atoms with E-state index in [2.05, 4.69) is 5.10 Å². The Morgan fingerprint density at radius 1 is 0.977 bits per heavy atom. The molecular formula is C33H31ClFN3O6. The number of nitrogens with zero attached hydrogens (tertiary/aromatic N) is 3. The molecule has 0 bridgehead atoms. The van der Waals surface area contributed by atoms with Crippen LogP contribution < -0.4 is 15.2 Å². The number of hydrogen-bond acceptors (Lipinski definition) is 6. The van der Waals surface area contributed by atoms with Gasteiger partial charge in [-0.25, -0.2) is 13.9 Å². The third-order valence-electron chi connectivity index (χ3n) is 6.80. The third kappa shape index (κ3) is 7.03. The molecule has 0 aliphatic carbocycles. The van der Waals surface area contributed by atoms with Crippen LogP contribution in [0.15, 0.2) is 83.7 Å². The number of aromatic carboxylic acids is 1. The van der Waals surface area contributed by atoms with Crippen LogP contribution >= 0.6 is 11.6 Å². The molecule has 1 atom stereocenters. The number of para-hydroxylation sites is 1. The van der Waals surface area contributed by atoms with Crippen molar-refractivity contribution in [1.29, 1.82) is 0 Å². The highest BCUT2D eigenvalue weighted by Crippen LogP contribution is 2.36. The van der Waals surface area contributed by atoms with Crippen molar-refractivity contribution in [2.24, 2.45) is 5.41 Å². The first-order valence-electron chi connectivity index (χ1n) is 13.6. The van der Waals surface area contributed by atoms with E-state index in [4.69, 9.17) is 16.3 Å². The molecule has 0 spiro atoms. The van der Waals surface area contributed by atoms with Gasteiger partial charge in [0, 0.05) is 28.0 Å². The number of carbonyl (C=O) groups is 3. The van der Waals surface area contributed by atoms with Gasteiger partial charge in [-0.1, -0.05) is 50.6 Å². The fourth-order valence-corrected chi connectivity index (χ4v) is 4.99. The Bertz CT molecular complexity index is 1750. The molecule has 0 saturated carbocycles. The lowest BCUT2D eigenvalue weighted by atomic mass is 9.87. The molecule has 1 amide bonds. The number of carboxylic acid groups (broad SMARTS) is 1. The number of alkyl halides is 1. The average Bonchev–Trinajstić information content (AvgIpc) is 3.00. The van der Waals surface area contributed by atoms with E-state index >= 15 is 0 Å². The molecular weight excluding hydrogens is 589 g/mol. The molecule has 0 fully saturated rings. The van der Waals surface area contributed by atoms with Crippen molar-refractivity contribution < 1.29 is 28.6 Å². The minimum absolute atomic E-state index is 0.00321. The van der Waals surface area contributed by atoms with Gasteiger partial charge in [0.25, 0.3) is 11.5 Å². The number of hydrogen-bond donors (Lipinski definition) is 1. The van der Waals surface area contributed by atoms with E-state index < -0.39 is 41.4 Å². The van der Waals surface area contributed by atoms with E-state index in [-0.39, 0.29) is 39.6 Å². The summed E-state index contributed by atoms with van der Waals surface area (Å²) in [6.45, 7) is 4.49. The standard InChI is InChI=1S/C33H31ClFN3O6/c1-33(2,3)18-27(31(41)37(22-8-6-5-7-9-22)23-13-10-20(11-14-23)32(42)43)38-29(40)17-26(30(36-38)44-4)25-16-21(34)12-15-24(25)28(39)19-35/h5-17,27H,18-19H2,1-4H3,(H,42,43). The van der Waals surface area contributed by atoms with E-state index in [0.29, 0.717) is 11.4 Å². The van der Waals surface area contributed by atoms with Gasteiger partial charge in [0.2, 0.25) is 5.88 Å². The van der Waals surface area contributed by atoms with Crippen molar-refractivity contribution >= 4 is 40.6 Å². The molecule has 1 aromatic heterocycles. The van der Waals surface area contributed by atoms with Gasteiger partial charge in [0.1, 0.15) is 6.04 Å². The molecule has 0 aliphatic rings. The van der Waals surface area contributed by atoms with Crippen LogP contribution in [-0.2, 0) is 4.79 Å². The fourth-order valence-electron chi connectivity index (χ4n) is 4.81. The van der Waals surface area contributed by atoms with E-state index in [9.17, 15) is 28.7 Å². The molecule has 4 rings (SSSR count). The Kier molecular flexibility index (Phi) is 9.64. The zero-order valence-corrected chi connectivity index (χ0v) is 25.3. The predicted octanol–water partition coefficient (Wildman–Crippen LogP) is 6.76. The van der Waals surface area contributed by atoms with Crippen LogP contribution in [0.5, 0.6) is 5.88 Å². The average molecular weight is 620 g/mol. The number of anilines is 2. The molecule has 44 heavy (non-hydrogen) atoms. The minimum Gasteiger partial charge on any atom is -0.480 e. The molecule has 1 unspecified atom stereocenters. The molecule has 11 heteroatoms. The fraction of sp³-hybridized carbons (Fsp3) is 0.242. The quantitative estimate of drug-likeness (QED) is 0.195. The number of benzene rings is 3. The molecule has 0 saturated heterocycles. The van der Waals surface area contributed by atoms with Crippen molar-refractivity contribution in [2.45, 2.75) is 33.2 Å². The van der Waals surface area contributed by atoms with Crippen LogP contribution in [0.4, 0.5) is 15.8 Å². The van der Waals surface area contributed by atoms with Gasteiger partial charge >= 0.3 is 5.97 Å². The summed E-state index contributed by atoms with van der Waals surface area (Å²) in [5, 5.41) is 14.1. The second kappa shape index (κ2) is 13.2. The highest BCUT2D eigenvalue weighted by atomic mass is 35.5. The van der Waals surface area contributed by atoms with Crippen molar-refractivity contribution in [1.82, 2.24) is 9.78 Å². The smallest absolute Gasteiger partial charge is 0.335 e. The van der Waals surface area contributed by atoms with Crippen LogP contribution in [0.3, 0.4) is 0 Å². The molecule has 0 radical (unpaired) electrons.